The van der Waals surface area contributed by atoms with Crippen LogP contribution in [0, 0.1) is 18.6 Å². The molecule has 2 N–H and O–H groups in total. The molecule has 0 unspecified atom stereocenters. The first-order valence-electron chi connectivity index (χ1n) is 5.99. The molecule has 5 heteroatoms. The monoisotopic (exact) mass is 277 g/mol. The van der Waals surface area contributed by atoms with E-state index in [1.165, 1.54) is 18.2 Å². The lowest BCUT2D eigenvalue weighted by Crippen LogP contribution is -2.04. The van der Waals surface area contributed by atoms with Crippen LogP contribution in [0.1, 0.15) is 21.5 Å². The molecule has 0 aromatic heterocycles. The van der Waals surface area contributed by atoms with Crippen molar-refractivity contribution in [3.63, 3.8) is 0 Å². The molecule has 0 aliphatic heterocycles. The summed E-state index contributed by atoms with van der Waals surface area (Å²) in [7, 11) is 0. The Labute approximate surface area is 114 Å². The Bertz CT molecular complexity index is 656. The highest BCUT2D eigenvalue weighted by Crippen LogP contribution is 2.18. The normalized spacial score (nSPS) is 10.3. The van der Waals surface area contributed by atoms with Gasteiger partial charge in [-0.05, 0) is 42.3 Å². The maximum atomic E-state index is 13.6. The second-order valence-electron chi connectivity index (χ2n) is 4.44. The summed E-state index contributed by atoms with van der Waals surface area (Å²) in [4.78, 5) is 10.8. The van der Waals surface area contributed by atoms with Crippen molar-refractivity contribution in [2.45, 2.75) is 13.5 Å². The minimum absolute atomic E-state index is 0.00388. The van der Waals surface area contributed by atoms with E-state index in [1.54, 1.807) is 19.1 Å². The zero-order valence-corrected chi connectivity index (χ0v) is 10.8. The summed E-state index contributed by atoms with van der Waals surface area (Å²) in [5, 5.41) is 11.7. The van der Waals surface area contributed by atoms with Gasteiger partial charge in [0.15, 0.2) is 0 Å². The molecular weight excluding hydrogens is 264 g/mol. The van der Waals surface area contributed by atoms with E-state index in [9.17, 15) is 13.6 Å². The average molecular weight is 277 g/mol. The van der Waals surface area contributed by atoms with Crippen molar-refractivity contribution < 1.29 is 18.7 Å². The minimum Gasteiger partial charge on any atom is -0.478 e. The summed E-state index contributed by atoms with van der Waals surface area (Å²) >= 11 is 0. The SMILES string of the molecule is Cc1cc(CNc2cc(C(=O)O)ccc2F)ccc1F. The summed E-state index contributed by atoms with van der Waals surface area (Å²) in [5.41, 5.74) is 1.39. The molecule has 0 bridgehead atoms. The van der Waals surface area contributed by atoms with Crippen LogP contribution in [-0.4, -0.2) is 11.1 Å². The maximum absolute atomic E-state index is 13.6. The second kappa shape index (κ2) is 5.69. The standard InChI is InChI=1S/C15H13F2NO2/c1-9-6-10(2-4-12(9)16)8-18-14-7-11(15(19)20)3-5-13(14)17/h2-7,18H,8H2,1H3,(H,19,20). The Morgan fingerprint density at radius 3 is 2.50 bits per heavy atom. The molecule has 3 nitrogen and oxygen atoms in total. The number of halogens is 2. The molecule has 0 fully saturated rings. The Balaban J connectivity index is 2.15. The zero-order chi connectivity index (χ0) is 14.7. The Hall–Kier alpha value is -2.43. The smallest absolute Gasteiger partial charge is 0.335 e. The number of anilines is 1. The number of carboxylic acid groups (broad SMARTS) is 1. The third-order valence-corrected chi connectivity index (χ3v) is 2.92. The van der Waals surface area contributed by atoms with E-state index in [4.69, 9.17) is 5.11 Å². The van der Waals surface area contributed by atoms with Crippen molar-refractivity contribution in [1.29, 1.82) is 0 Å². The summed E-state index contributed by atoms with van der Waals surface area (Å²) in [6.07, 6.45) is 0. The molecule has 104 valence electrons. The molecule has 0 radical (unpaired) electrons. The second-order valence-corrected chi connectivity index (χ2v) is 4.44. The van der Waals surface area contributed by atoms with Crippen molar-refractivity contribution in [1.82, 2.24) is 0 Å². The first kappa shape index (κ1) is 14.0. The van der Waals surface area contributed by atoms with E-state index in [2.05, 4.69) is 5.32 Å². The van der Waals surface area contributed by atoms with Gasteiger partial charge in [-0.2, -0.15) is 0 Å². The molecule has 0 aliphatic rings. The van der Waals surface area contributed by atoms with Gasteiger partial charge in [0.25, 0.3) is 0 Å². The van der Waals surface area contributed by atoms with Crippen LogP contribution >= 0.6 is 0 Å². The van der Waals surface area contributed by atoms with Crippen molar-refractivity contribution in [2.75, 3.05) is 5.32 Å². The van der Waals surface area contributed by atoms with Crippen LogP contribution in [-0.2, 0) is 6.54 Å². The van der Waals surface area contributed by atoms with Crippen LogP contribution in [0.4, 0.5) is 14.5 Å². The Kier molecular flexibility index (Phi) is 3.98. The topological polar surface area (TPSA) is 49.3 Å². The first-order valence-corrected chi connectivity index (χ1v) is 5.99. The van der Waals surface area contributed by atoms with Crippen molar-refractivity contribution in [2.24, 2.45) is 0 Å². The van der Waals surface area contributed by atoms with Crippen molar-refractivity contribution in [3.8, 4) is 0 Å². The van der Waals surface area contributed by atoms with Gasteiger partial charge in [0, 0.05) is 6.54 Å². The number of hydrogen-bond donors (Lipinski definition) is 2. The van der Waals surface area contributed by atoms with Crippen LogP contribution in [0.5, 0.6) is 0 Å². The van der Waals surface area contributed by atoms with Crippen LogP contribution < -0.4 is 5.32 Å². The Morgan fingerprint density at radius 2 is 1.85 bits per heavy atom. The van der Waals surface area contributed by atoms with Gasteiger partial charge in [-0.15, -0.1) is 0 Å². The molecule has 0 saturated heterocycles. The van der Waals surface area contributed by atoms with Gasteiger partial charge in [0.05, 0.1) is 11.3 Å². The number of hydrogen-bond acceptors (Lipinski definition) is 2. The first-order chi connectivity index (χ1) is 9.47. The minimum atomic E-state index is -1.12. The predicted octanol–water partition coefficient (Wildman–Crippen LogP) is 3.58. The molecule has 0 heterocycles. The van der Waals surface area contributed by atoms with E-state index in [-0.39, 0.29) is 23.6 Å². The fourth-order valence-corrected chi connectivity index (χ4v) is 1.81. The summed E-state index contributed by atoms with van der Waals surface area (Å²) < 4.78 is 26.7. The number of rotatable bonds is 4. The highest BCUT2D eigenvalue weighted by Gasteiger charge is 2.08. The molecule has 0 atom stereocenters. The summed E-state index contributed by atoms with van der Waals surface area (Å²) in [5.74, 6) is -1.95. The van der Waals surface area contributed by atoms with Gasteiger partial charge in [-0.25, -0.2) is 13.6 Å². The van der Waals surface area contributed by atoms with Gasteiger partial charge in [0.1, 0.15) is 11.6 Å². The highest BCUT2D eigenvalue weighted by atomic mass is 19.1. The fraction of sp³-hybridized carbons (Fsp3) is 0.133. The molecule has 0 aliphatic carbocycles. The third kappa shape index (κ3) is 3.12. The van der Waals surface area contributed by atoms with Gasteiger partial charge in [-0.1, -0.05) is 12.1 Å². The summed E-state index contributed by atoms with van der Waals surface area (Å²) in [6.45, 7) is 1.92. The molecule has 2 aromatic rings. The van der Waals surface area contributed by atoms with Crippen LogP contribution in [0.2, 0.25) is 0 Å². The van der Waals surface area contributed by atoms with Crippen LogP contribution in [0.3, 0.4) is 0 Å². The average Bonchev–Trinajstić information content (AvgIpc) is 2.41. The van der Waals surface area contributed by atoms with Crippen molar-refractivity contribution in [3.05, 3.63) is 64.7 Å². The maximum Gasteiger partial charge on any atom is 0.335 e. The Morgan fingerprint density at radius 1 is 1.15 bits per heavy atom. The number of nitrogens with one attached hydrogen (secondary N) is 1. The van der Waals surface area contributed by atoms with Crippen LogP contribution in [0.15, 0.2) is 36.4 Å². The number of carboxylic acids is 1. The number of aryl methyl sites for hydroxylation is 1. The van der Waals surface area contributed by atoms with E-state index >= 15 is 0 Å². The van der Waals surface area contributed by atoms with E-state index in [1.807, 2.05) is 0 Å². The molecule has 0 amide bonds. The molecule has 2 rings (SSSR count). The predicted molar refractivity (Wildman–Crippen MR) is 71.8 cm³/mol. The van der Waals surface area contributed by atoms with E-state index < -0.39 is 11.8 Å². The number of carbonyl (C=O) groups is 1. The van der Waals surface area contributed by atoms with E-state index in [0.717, 1.165) is 11.6 Å². The largest absolute Gasteiger partial charge is 0.478 e. The molecule has 2 aromatic carbocycles. The van der Waals surface area contributed by atoms with Gasteiger partial charge < -0.3 is 10.4 Å². The van der Waals surface area contributed by atoms with Crippen LogP contribution in [0.25, 0.3) is 0 Å². The quantitative estimate of drug-likeness (QED) is 0.898. The van der Waals surface area contributed by atoms with Gasteiger partial charge in [0.2, 0.25) is 0 Å². The van der Waals surface area contributed by atoms with Gasteiger partial charge in [-0.3, -0.25) is 0 Å². The number of aromatic carboxylic acids is 1. The van der Waals surface area contributed by atoms with Gasteiger partial charge >= 0.3 is 5.97 Å². The lowest BCUT2D eigenvalue weighted by molar-refractivity contribution is 0.0697. The fourth-order valence-electron chi connectivity index (χ4n) is 1.81. The molecule has 20 heavy (non-hydrogen) atoms. The number of benzene rings is 2. The molecule has 0 saturated carbocycles. The lowest BCUT2D eigenvalue weighted by Gasteiger charge is -2.09. The molecular formula is C15H13F2NO2. The zero-order valence-electron chi connectivity index (χ0n) is 10.8. The van der Waals surface area contributed by atoms with E-state index in [0.29, 0.717) is 5.56 Å². The molecule has 0 spiro atoms. The van der Waals surface area contributed by atoms with Crippen molar-refractivity contribution >= 4 is 11.7 Å². The highest BCUT2D eigenvalue weighted by molar-refractivity contribution is 5.88. The summed E-state index contributed by atoms with van der Waals surface area (Å²) in [6, 6.07) is 8.12. The lowest BCUT2D eigenvalue weighted by atomic mass is 10.1. The third-order valence-electron chi connectivity index (χ3n) is 2.92.